The average Bonchev–Trinajstić information content (AvgIpc) is 2.89. The van der Waals surface area contributed by atoms with E-state index in [-0.39, 0.29) is 17.6 Å². The molecule has 4 fully saturated rings. The third kappa shape index (κ3) is 4.33. The molecule has 1 aromatic carbocycles. The molecule has 1 heterocycles. The van der Waals surface area contributed by atoms with Crippen LogP contribution in [-0.4, -0.2) is 66.4 Å². The Hall–Kier alpha value is -3.42. The second-order valence-electron chi connectivity index (χ2n) is 10.6. The number of hydrogen-bond donors (Lipinski definition) is 0. The first-order valence-electron chi connectivity index (χ1n) is 12.6. The molecule has 4 aliphatic carbocycles. The zero-order valence-electron chi connectivity index (χ0n) is 21.6. The molecule has 1 aromatic heterocycles. The largest absolute Gasteiger partial charge is 0.480 e. The zero-order valence-corrected chi connectivity index (χ0v) is 21.6. The van der Waals surface area contributed by atoms with E-state index in [0.29, 0.717) is 11.6 Å². The topological polar surface area (TPSA) is 80.2 Å². The summed E-state index contributed by atoms with van der Waals surface area (Å²) in [5.74, 6) is 2.75. The smallest absolute Gasteiger partial charge is 0.324 e. The van der Waals surface area contributed by atoms with Gasteiger partial charge in [-0.05, 0) is 74.6 Å². The van der Waals surface area contributed by atoms with Crippen molar-refractivity contribution >= 4 is 18.4 Å². The molecular formula is C28H35N5O3. The normalized spacial score (nSPS) is 26.4. The fourth-order valence-corrected chi connectivity index (χ4v) is 7.01. The van der Waals surface area contributed by atoms with E-state index in [2.05, 4.69) is 21.7 Å². The molecule has 2 aromatic rings. The van der Waals surface area contributed by atoms with Crippen molar-refractivity contribution in [1.29, 1.82) is 0 Å². The van der Waals surface area contributed by atoms with E-state index in [0.717, 1.165) is 53.7 Å². The highest BCUT2D eigenvalue weighted by molar-refractivity contribution is 5.80. The maximum Gasteiger partial charge on any atom is 0.324 e. The van der Waals surface area contributed by atoms with E-state index in [9.17, 15) is 4.79 Å². The number of carbonyl (C=O) groups excluding carboxylic acids is 1. The van der Waals surface area contributed by atoms with Gasteiger partial charge in [0.2, 0.25) is 5.88 Å². The fourth-order valence-electron chi connectivity index (χ4n) is 7.01. The Morgan fingerprint density at radius 2 is 1.78 bits per heavy atom. The van der Waals surface area contributed by atoms with Crippen molar-refractivity contribution in [3.63, 3.8) is 0 Å². The minimum atomic E-state index is -0.000483. The van der Waals surface area contributed by atoms with Gasteiger partial charge in [-0.3, -0.25) is 4.99 Å². The molecule has 4 saturated carbocycles. The van der Waals surface area contributed by atoms with Gasteiger partial charge in [0.05, 0.1) is 25.5 Å². The molecule has 6 rings (SSSR count). The Morgan fingerprint density at radius 1 is 1.11 bits per heavy atom. The Labute approximate surface area is 213 Å². The van der Waals surface area contributed by atoms with E-state index in [1.165, 1.54) is 26.4 Å². The highest BCUT2D eigenvalue weighted by Gasteiger charge is 2.54. The first-order valence-corrected chi connectivity index (χ1v) is 12.6. The van der Waals surface area contributed by atoms with Gasteiger partial charge in [0.25, 0.3) is 0 Å². The number of ether oxygens (including phenoxy) is 2. The van der Waals surface area contributed by atoms with Crippen LogP contribution in [0.2, 0.25) is 0 Å². The molecule has 0 unspecified atom stereocenters. The van der Waals surface area contributed by atoms with Gasteiger partial charge in [0.1, 0.15) is 0 Å². The number of nitrogens with zero attached hydrogens (tertiary/aromatic N) is 5. The lowest BCUT2D eigenvalue weighted by Gasteiger charge is -2.59. The number of benzene rings is 1. The molecule has 0 saturated heterocycles. The summed E-state index contributed by atoms with van der Waals surface area (Å²) in [6.07, 6.45) is 10.9. The van der Waals surface area contributed by atoms with Gasteiger partial charge in [-0.25, -0.2) is 9.78 Å². The van der Waals surface area contributed by atoms with Gasteiger partial charge in [0.15, 0.2) is 0 Å². The Morgan fingerprint density at radius 3 is 2.36 bits per heavy atom. The first kappa shape index (κ1) is 24.3. The molecule has 8 nitrogen and oxygen atoms in total. The van der Waals surface area contributed by atoms with E-state index in [1.54, 1.807) is 31.5 Å². The summed E-state index contributed by atoms with van der Waals surface area (Å²) in [5.41, 5.74) is 3.04. The number of methoxy groups -OCH3 is 2. The van der Waals surface area contributed by atoms with Crippen LogP contribution in [0.3, 0.4) is 0 Å². The van der Waals surface area contributed by atoms with Gasteiger partial charge < -0.3 is 19.3 Å². The van der Waals surface area contributed by atoms with E-state index in [1.807, 2.05) is 36.2 Å². The second kappa shape index (κ2) is 9.56. The van der Waals surface area contributed by atoms with Crippen molar-refractivity contribution in [1.82, 2.24) is 19.8 Å². The molecule has 0 radical (unpaired) electrons. The quantitative estimate of drug-likeness (QED) is 0.505. The number of carbonyl (C=O) groups is 1. The van der Waals surface area contributed by atoms with Crippen molar-refractivity contribution < 1.29 is 14.3 Å². The third-order valence-electron chi connectivity index (χ3n) is 8.37. The number of aromatic nitrogens is 2. The summed E-state index contributed by atoms with van der Waals surface area (Å²) in [4.78, 5) is 30.0. The lowest BCUT2D eigenvalue weighted by atomic mass is 9.52. The van der Waals surface area contributed by atoms with Crippen LogP contribution >= 0.6 is 0 Å². The molecule has 4 aliphatic rings. The van der Waals surface area contributed by atoms with Crippen LogP contribution in [0, 0.1) is 17.8 Å². The SMILES string of the molecule is C=NC(=CN(C)C(=O)N(C)C12CC3CC(CC(C3)C1)C2)c1cccc(-c2cnc(OC)nc2OC)c1. The van der Waals surface area contributed by atoms with Gasteiger partial charge in [-0.1, -0.05) is 18.2 Å². The third-order valence-corrected chi connectivity index (χ3v) is 8.37. The van der Waals surface area contributed by atoms with Crippen LogP contribution in [0.15, 0.2) is 41.7 Å². The van der Waals surface area contributed by atoms with Crippen molar-refractivity contribution in [2.24, 2.45) is 22.7 Å². The molecule has 0 spiro atoms. The highest BCUT2D eigenvalue weighted by atomic mass is 16.5. The van der Waals surface area contributed by atoms with E-state index < -0.39 is 0 Å². The monoisotopic (exact) mass is 489 g/mol. The van der Waals surface area contributed by atoms with Gasteiger partial charge in [0, 0.05) is 37.6 Å². The predicted molar refractivity (Wildman–Crippen MR) is 140 cm³/mol. The number of rotatable bonds is 7. The van der Waals surface area contributed by atoms with Crippen LogP contribution in [0.1, 0.15) is 44.1 Å². The molecule has 0 atom stereocenters. The first-order chi connectivity index (χ1) is 17.4. The molecule has 2 amide bonds. The van der Waals surface area contributed by atoms with Crippen molar-refractivity contribution in [3.05, 3.63) is 42.2 Å². The Kier molecular flexibility index (Phi) is 6.45. The molecule has 36 heavy (non-hydrogen) atoms. The van der Waals surface area contributed by atoms with Gasteiger partial charge in [-0.2, -0.15) is 4.98 Å². The Balaban J connectivity index is 1.38. The fraction of sp³-hybridized carbons (Fsp3) is 0.500. The maximum atomic E-state index is 13.6. The standard InChI is InChI=1S/C28H35N5O3/c1-29-24(22-8-6-7-21(12-22)23-16-30-26(36-5)31-25(23)35-4)17-32(2)27(34)33(3)28-13-18-9-19(14-28)11-20(10-18)15-28/h6-8,12,16-20H,1,9-11,13-15H2,2-5H3. The minimum absolute atomic E-state index is 0.000483. The van der Waals surface area contributed by atoms with Crippen molar-refractivity contribution in [2.75, 3.05) is 28.3 Å². The molecule has 4 bridgehead atoms. The number of urea groups is 1. The average molecular weight is 490 g/mol. The van der Waals surface area contributed by atoms with Crippen LogP contribution in [-0.2, 0) is 0 Å². The Bertz CT molecular complexity index is 1160. The predicted octanol–water partition coefficient (Wildman–Crippen LogP) is 5.11. The lowest BCUT2D eigenvalue weighted by molar-refractivity contribution is -0.0646. The lowest BCUT2D eigenvalue weighted by Crippen LogP contribution is -2.61. The highest BCUT2D eigenvalue weighted by Crippen LogP contribution is 2.57. The molecule has 0 aliphatic heterocycles. The summed E-state index contributed by atoms with van der Waals surface area (Å²) in [5, 5.41) is 0. The number of aliphatic imine (C=N–C) groups is 1. The van der Waals surface area contributed by atoms with Crippen molar-refractivity contribution in [3.8, 4) is 23.0 Å². The summed E-state index contributed by atoms with van der Waals surface area (Å²) < 4.78 is 10.6. The number of hydrogen-bond acceptors (Lipinski definition) is 6. The molecule has 8 heteroatoms. The van der Waals surface area contributed by atoms with Crippen LogP contribution < -0.4 is 9.47 Å². The maximum absolute atomic E-state index is 13.6. The molecular weight excluding hydrogens is 454 g/mol. The van der Waals surface area contributed by atoms with Crippen LogP contribution in [0.25, 0.3) is 16.8 Å². The van der Waals surface area contributed by atoms with Crippen LogP contribution in [0.4, 0.5) is 4.79 Å². The van der Waals surface area contributed by atoms with Gasteiger partial charge in [-0.15, -0.1) is 0 Å². The minimum Gasteiger partial charge on any atom is -0.480 e. The second-order valence-corrected chi connectivity index (χ2v) is 10.6. The summed E-state index contributed by atoms with van der Waals surface area (Å²) in [6, 6.07) is 8.03. The van der Waals surface area contributed by atoms with Gasteiger partial charge >= 0.3 is 12.0 Å². The molecule has 190 valence electrons. The van der Waals surface area contributed by atoms with E-state index in [4.69, 9.17) is 9.47 Å². The summed E-state index contributed by atoms with van der Waals surface area (Å²) >= 11 is 0. The zero-order chi connectivity index (χ0) is 25.4. The van der Waals surface area contributed by atoms with Crippen molar-refractivity contribution in [2.45, 2.75) is 44.1 Å². The van der Waals surface area contributed by atoms with Crippen LogP contribution in [0.5, 0.6) is 11.9 Å². The van der Waals surface area contributed by atoms with E-state index >= 15 is 0 Å². The number of amides is 2. The summed E-state index contributed by atoms with van der Waals surface area (Å²) in [7, 11) is 6.86. The summed E-state index contributed by atoms with van der Waals surface area (Å²) in [6.45, 7) is 3.77. The molecule has 0 N–H and O–H groups in total.